The highest BCUT2D eigenvalue weighted by Gasteiger charge is 2.10. The molecule has 0 fully saturated rings. The number of pyridine rings is 2. The average Bonchev–Trinajstić information content (AvgIpc) is 2.92. The van der Waals surface area contributed by atoms with E-state index in [4.69, 9.17) is 33.2 Å². The van der Waals surface area contributed by atoms with Gasteiger partial charge >= 0.3 is 7.12 Å². The van der Waals surface area contributed by atoms with Gasteiger partial charge in [0.25, 0.3) is 0 Å². The van der Waals surface area contributed by atoms with Crippen LogP contribution < -0.4 is 5.46 Å². The van der Waals surface area contributed by atoms with Crippen molar-refractivity contribution in [1.82, 2.24) is 9.97 Å². The van der Waals surface area contributed by atoms with Crippen LogP contribution in [0.15, 0.2) is 102 Å². The average molecular weight is 660 g/mol. The maximum Gasteiger partial charge on any atom is 0.488 e. The Morgan fingerprint density at radius 2 is 1.07 bits per heavy atom. The van der Waals surface area contributed by atoms with Crippen molar-refractivity contribution < 1.29 is 10.0 Å². The van der Waals surface area contributed by atoms with Gasteiger partial charge in [0.05, 0.1) is 5.69 Å². The van der Waals surface area contributed by atoms with E-state index in [1.807, 2.05) is 74.6 Å². The highest BCUT2D eigenvalue weighted by molar-refractivity contribution is 9.10. The van der Waals surface area contributed by atoms with Crippen molar-refractivity contribution in [3.05, 3.63) is 134 Å². The zero-order valence-electron chi connectivity index (χ0n) is 23.7. The summed E-state index contributed by atoms with van der Waals surface area (Å²) in [6.07, 6.45) is 3.59. The minimum Gasteiger partial charge on any atom is -0.423 e. The largest absolute Gasteiger partial charge is 0.488 e. The van der Waals surface area contributed by atoms with E-state index in [-0.39, 0.29) is 0 Å². The smallest absolute Gasteiger partial charge is 0.423 e. The predicted octanol–water partition coefficient (Wildman–Crippen LogP) is 8.81. The van der Waals surface area contributed by atoms with Crippen molar-refractivity contribution in [3.8, 4) is 11.3 Å². The Labute approximate surface area is 265 Å². The lowest BCUT2D eigenvalue weighted by molar-refractivity contribution is 0.425. The number of fused-ring (bicyclic) bond motifs is 2. The van der Waals surface area contributed by atoms with Crippen molar-refractivity contribution in [2.45, 2.75) is 27.7 Å². The van der Waals surface area contributed by atoms with Gasteiger partial charge in [-0.3, -0.25) is 4.98 Å². The summed E-state index contributed by atoms with van der Waals surface area (Å²) in [5, 5.41) is 23.6. The molecule has 6 aromatic rings. The van der Waals surface area contributed by atoms with Crippen LogP contribution >= 0.6 is 39.1 Å². The first kappa shape index (κ1) is 31.7. The quantitative estimate of drug-likeness (QED) is 0.144. The van der Waals surface area contributed by atoms with Crippen LogP contribution in [0.25, 0.3) is 32.8 Å². The molecule has 0 aliphatic rings. The number of halogens is 3. The molecule has 2 heterocycles. The molecule has 0 saturated carbocycles. The molecule has 2 N–H and O–H groups in total. The van der Waals surface area contributed by atoms with E-state index in [9.17, 15) is 0 Å². The van der Waals surface area contributed by atoms with Crippen LogP contribution in [-0.4, -0.2) is 27.1 Å². The fraction of sp³-hybridized carbons (Fsp3) is 0.118. The van der Waals surface area contributed by atoms with Crippen molar-refractivity contribution in [1.29, 1.82) is 0 Å². The fourth-order valence-corrected chi connectivity index (χ4v) is 5.60. The topological polar surface area (TPSA) is 66.2 Å². The van der Waals surface area contributed by atoms with E-state index in [0.29, 0.717) is 5.46 Å². The summed E-state index contributed by atoms with van der Waals surface area (Å²) in [4.78, 5) is 8.66. The van der Waals surface area contributed by atoms with Gasteiger partial charge < -0.3 is 10.0 Å². The molecule has 6 rings (SSSR count). The Hall–Kier alpha value is -3.26. The Kier molecular flexibility index (Phi) is 10.8. The van der Waals surface area contributed by atoms with Crippen molar-refractivity contribution in [2.75, 3.05) is 0 Å². The number of rotatable bonds is 2. The van der Waals surface area contributed by atoms with E-state index in [2.05, 4.69) is 57.9 Å². The van der Waals surface area contributed by atoms with Gasteiger partial charge in [-0.25, -0.2) is 4.98 Å². The zero-order valence-corrected chi connectivity index (χ0v) is 26.8. The zero-order chi connectivity index (χ0) is 30.4. The highest BCUT2D eigenvalue weighted by atomic mass is 79.9. The van der Waals surface area contributed by atoms with Gasteiger partial charge in [-0.2, -0.15) is 0 Å². The van der Waals surface area contributed by atoms with Gasteiger partial charge in [0, 0.05) is 38.8 Å². The molecule has 0 spiro atoms. The third-order valence-corrected chi connectivity index (χ3v) is 7.54. The van der Waals surface area contributed by atoms with Gasteiger partial charge in [-0.05, 0) is 108 Å². The molecule has 0 bridgehead atoms. The van der Waals surface area contributed by atoms with Crippen molar-refractivity contribution in [3.63, 3.8) is 0 Å². The molecule has 0 aliphatic carbocycles. The molecule has 4 nitrogen and oxygen atoms in total. The number of aromatic nitrogens is 2. The van der Waals surface area contributed by atoms with Crippen LogP contribution in [0, 0.1) is 27.7 Å². The monoisotopic (exact) mass is 658 g/mol. The number of aryl methyl sites for hydroxylation is 4. The number of benzene rings is 4. The van der Waals surface area contributed by atoms with Crippen LogP contribution in [0.4, 0.5) is 0 Å². The summed E-state index contributed by atoms with van der Waals surface area (Å²) in [7, 11) is -1.35. The Balaban J connectivity index is 0.000000153. The Morgan fingerprint density at radius 3 is 1.62 bits per heavy atom. The second-order valence-corrected chi connectivity index (χ2v) is 11.8. The van der Waals surface area contributed by atoms with Gasteiger partial charge in [0.1, 0.15) is 4.60 Å². The predicted molar refractivity (Wildman–Crippen MR) is 182 cm³/mol. The van der Waals surface area contributed by atoms with Crippen LogP contribution in [-0.2, 0) is 0 Å². The first-order chi connectivity index (χ1) is 20.0. The molecule has 4 aromatic carbocycles. The molecule has 0 amide bonds. The molecule has 0 radical (unpaired) electrons. The van der Waals surface area contributed by atoms with E-state index in [1.54, 1.807) is 18.3 Å². The summed E-state index contributed by atoms with van der Waals surface area (Å²) in [6.45, 7) is 8.08. The van der Waals surface area contributed by atoms with E-state index in [1.165, 1.54) is 11.1 Å². The maximum atomic E-state index is 8.83. The number of nitrogens with zero attached hydrogens (tertiary/aromatic N) is 2. The molecule has 0 unspecified atom stereocenters. The molecule has 0 aliphatic heterocycles. The third kappa shape index (κ3) is 8.40. The normalized spacial score (nSPS) is 10.5. The molecule has 2 aromatic heterocycles. The molecular formula is C34H30BBrCl2N2O2. The van der Waals surface area contributed by atoms with Crippen molar-refractivity contribution >= 4 is 73.3 Å². The molecule has 212 valence electrons. The minimum absolute atomic E-state index is 0.558. The van der Waals surface area contributed by atoms with Gasteiger partial charge in [0.15, 0.2) is 0 Å². The van der Waals surface area contributed by atoms with E-state index in [0.717, 1.165) is 58.6 Å². The number of hydrogen-bond acceptors (Lipinski definition) is 4. The van der Waals surface area contributed by atoms with E-state index >= 15 is 0 Å². The Morgan fingerprint density at radius 1 is 0.595 bits per heavy atom. The molecule has 42 heavy (non-hydrogen) atoms. The van der Waals surface area contributed by atoms with Crippen LogP contribution in [0.3, 0.4) is 0 Å². The second kappa shape index (κ2) is 14.3. The van der Waals surface area contributed by atoms with E-state index < -0.39 is 7.12 Å². The van der Waals surface area contributed by atoms with Crippen LogP contribution in [0.1, 0.15) is 22.3 Å². The third-order valence-electron chi connectivity index (χ3n) is 6.44. The lowest BCUT2D eigenvalue weighted by Gasteiger charge is -2.08. The first-order valence-corrected chi connectivity index (χ1v) is 14.8. The van der Waals surface area contributed by atoms with Crippen molar-refractivity contribution in [2.24, 2.45) is 0 Å². The van der Waals surface area contributed by atoms with Gasteiger partial charge in [-0.1, -0.05) is 81.9 Å². The number of hydrogen-bond donors (Lipinski definition) is 2. The fourth-order valence-electron chi connectivity index (χ4n) is 4.76. The molecule has 0 saturated heterocycles. The standard InChI is InChI=1S/C17H14ClN.C9H5BrClN.C8H11BO2/c1-11-7-12(2)9-14(8-11)17-16-4-3-15(18)10-13(16)5-6-19-17;10-9-8-2-1-7(11)5-6(8)3-4-12-9;1-6-3-7(2)5-8(4-6)9(10)11/h3-10H,1-2H3;1-5H;3-5,10-11H,1-2H3. The lowest BCUT2D eigenvalue weighted by Crippen LogP contribution is -2.30. The first-order valence-electron chi connectivity index (χ1n) is 13.3. The highest BCUT2D eigenvalue weighted by Crippen LogP contribution is 2.29. The van der Waals surface area contributed by atoms with Crippen LogP contribution in [0.5, 0.6) is 0 Å². The summed E-state index contributed by atoms with van der Waals surface area (Å²) < 4.78 is 0.858. The Bertz CT molecular complexity index is 1820. The second-order valence-electron chi connectivity index (χ2n) is 10.2. The lowest BCUT2D eigenvalue weighted by atomic mass is 9.79. The van der Waals surface area contributed by atoms with Gasteiger partial charge in [0.2, 0.25) is 0 Å². The van der Waals surface area contributed by atoms with Gasteiger partial charge in [-0.15, -0.1) is 0 Å². The maximum absolute atomic E-state index is 8.83. The summed E-state index contributed by atoms with van der Waals surface area (Å²) >= 11 is 15.2. The summed E-state index contributed by atoms with van der Waals surface area (Å²) in [5.74, 6) is 0. The molecule has 8 heteroatoms. The van der Waals surface area contributed by atoms with Crippen LogP contribution in [0.2, 0.25) is 10.0 Å². The summed E-state index contributed by atoms with van der Waals surface area (Å²) in [5.41, 5.74) is 7.33. The SMILES string of the molecule is Cc1cc(C)cc(-c2nccc3cc(Cl)ccc23)c1.Cc1cc(C)cc(B(O)O)c1.Clc1ccc2c(Br)nccc2c1. The minimum atomic E-state index is -1.35. The molecular weight excluding hydrogens is 630 g/mol. The summed E-state index contributed by atoms with van der Waals surface area (Å²) in [6, 6.07) is 27.6. The molecule has 0 atom stereocenters.